The van der Waals surface area contributed by atoms with Gasteiger partial charge in [0.15, 0.2) is 5.66 Å². The Morgan fingerprint density at radius 2 is 1.73 bits per heavy atom. The number of carboxylic acid groups (broad SMARTS) is 2. The van der Waals surface area contributed by atoms with Gasteiger partial charge in [-0.05, 0) is 6.92 Å². The van der Waals surface area contributed by atoms with E-state index in [0.29, 0.717) is 0 Å². The summed E-state index contributed by atoms with van der Waals surface area (Å²) in [5.74, 6) is 2.33. The number of hydrogen-bond acceptors (Lipinski definition) is 7. The third-order valence-corrected chi connectivity index (χ3v) is 1.14. The predicted octanol–water partition coefficient (Wildman–Crippen LogP) is -3.40. The van der Waals surface area contributed by atoms with E-state index in [1.165, 1.54) is 6.92 Å². The van der Waals surface area contributed by atoms with E-state index in [-0.39, 0.29) is 0 Å². The smallest absolute Gasteiger partial charge is 0.338 e. The average Bonchev–Trinajstić information content (AvgIpc) is 2.04. The molecule has 0 aliphatic rings. The maximum atomic E-state index is 9.86. The second-order valence-electron chi connectivity index (χ2n) is 2.83. The largest absolute Gasteiger partial charge is 0.480 e. The number of aliphatic hydroxyl groups is 1. The van der Waals surface area contributed by atoms with Gasteiger partial charge >= 0.3 is 11.9 Å². The molecule has 0 heterocycles. The first-order chi connectivity index (χ1) is 6.66. The van der Waals surface area contributed by atoms with Gasteiger partial charge in [0.05, 0.1) is 6.61 Å². The number of carbonyl (C=O) groups is 2. The highest BCUT2D eigenvalue weighted by Crippen LogP contribution is 1.83. The van der Waals surface area contributed by atoms with Gasteiger partial charge < -0.3 is 26.8 Å². The van der Waals surface area contributed by atoms with Crippen LogP contribution in [0.25, 0.3) is 0 Å². The van der Waals surface area contributed by atoms with E-state index in [2.05, 4.69) is 0 Å². The Labute approximate surface area is 85.8 Å². The number of rotatable bonds is 4. The molecular weight excluding hydrogens is 208 g/mol. The van der Waals surface area contributed by atoms with Crippen LogP contribution in [0, 0.1) is 0 Å². The zero-order valence-corrected chi connectivity index (χ0v) is 8.17. The van der Waals surface area contributed by atoms with Gasteiger partial charge in [-0.3, -0.25) is 10.6 Å². The van der Waals surface area contributed by atoms with Crippen LogP contribution in [0.2, 0.25) is 0 Å². The van der Waals surface area contributed by atoms with Crippen LogP contribution in [0.5, 0.6) is 0 Å². The van der Waals surface area contributed by atoms with Crippen LogP contribution in [-0.2, 0) is 9.59 Å². The van der Waals surface area contributed by atoms with Crippen molar-refractivity contribution in [1.29, 1.82) is 0 Å². The highest BCUT2D eigenvalue weighted by Gasteiger charge is 2.20. The molecule has 10 N–H and O–H groups in total. The maximum absolute atomic E-state index is 9.86. The molecule has 9 nitrogen and oxygen atoms in total. The van der Waals surface area contributed by atoms with Crippen LogP contribution in [-0.4, -0.2) is 45.6 Å². The van der Waals surface area contributed by atoms with Gasteiger partial charge in [-0.15, -0.1) is 0 Å². The van der Waals surface area contributed by atoms with E-state index in [1.54, 1.807) is 0 Å². The van der Waals surface area contributed by atoms with Crippen molar-refractivity contribution >= 4 is 11.9 Å². The Morgan fingerprint density at radius 3 is 1.73 bits per heavy atom. The van der Waals surface area contributed by atoms with E-state index in [1.807, 2.05) is 5.43 Å². The van der Waals surface area contributed by atoms with Crippen molar-refractivity contribution in [1.82, 2.24) is 5.43 Å². The fraction of sp³-hybridized carbons (Fsp3) is 0.667. The van der Waals surface area contributed by atoms with Crippen LogP contribution in [0.3, 0.4) is 0 Å². The minimum absolute atomic E-state index is 0.494. The van der Waals surface area contributed by atoms with E-state index in [0.717, 1.165) is 0 Å². The normalized spacial score (nSPS) is 12.3. The summed E-state index contributed by atoms with van der Waals surface area (Å²) in [6, 6.07) is -1.05. The van der Waals surface area contributed by atoms with E-state index in [9.17, 15) is 9.59 Å². The van der Waals surface area contributed by atoms with Gasteiger partial charge in [0.25, 0.3) is 0 Å². The quantitative estimate of drug-likeness (QED) is 0.145. The molecule has 0 amide bonds. The third kappa shape index (κ3) is 9.05. The molecule has 0 bridgehead atoms. The van der Waals surface area contributed by atoms with E-state index >= 15 is 0 Å². The summed E-state index contributed by atoms with van der Waals surface area (Å²) in [5, 5.41) is 24.2. The summed E-state index contributed by atoms with van der Waals surface area (Å²) in [5.41, 5.74) is 10.0. The molecular formula is C6H16N4O5. The number of hydrogen-bond donors (Lipinski definition) is 7. The first kappa shape index (κ1) is 16.2. The van der Waals surface area contributed by atoms with Gasteiger partial charge in [-0.1, -0.05) is 0 Å². The minimum atomic E-state index is -1.58. The van der Waals surface area contributed by atoms with Crippen molar-refractivity contribution in [3.63, 3.8) is 0 Å². The lowest BCUT2D eigenvalue weighted by atomic mass is 10.2. The van der Waals surface area contributed by atoms with Crippen molar-refractivity contribution < 1.29 is 24.9 Å². The van der Waals surface area contributed by atoms with Gasteiger partial charge in [-0.25, -0.2) is 10.2 Å². The van der Waals surface area contributed by atoms with Crippen LogP contribution in [0.15, 0.2) is 0 Å². The highest BCUT2D eigenvalue weighted by atomic mass is 16.4. The molecule has 9 heteroatoms. The molecule has 90 valence electrons. The molecule has 15 heavy (non-hydrogen) atoms. The minimum Gasteiger partial charge on any atom is -0.480 e. The van der Waals surface area contributed by atoms with E-state index in [4.69, 9.17) is 32.6 Å². The van der Waals surface area contributed by atoms with Gasteiger partial charge in [0.2, 0.25) is 0 Å². The summed E-state index contributed by atoms with van der Waals surface area (Å²) < 4.78 is 0. The lowest BCUT2D eigenvalue weighted by molar-refractivity contribution is -0.142. The lowest BCUT2D eigenvalue weighted by Crippen LogP contribution is -2.53. The summed E-state index contributed by atoms with van der Waals surface area (Å²) in [6.45, 7) is 0.723. The summed E-state index contributed by atoms with van der Waals surface area (Å²) >= 11 is 0. The Kier molecular flexibility index (Phi) is 7.65. The molecule has 0 saturated heterocycles. The number of nitrogens with one attached hydrogen (secondary N) is 1. The Morgan fingerprint density at radius 1 is 1.40 bits per heavy atom. The van der Waals surface area contributed by atoms with Crippen molar-refractivity contribution in [2.75, 3.05) is 6.61 Å². The molecule has 1 atom stereocenters. The van der Waals surface area contributed by atoms with Crippen LogP contribution in [0.1, 0.15) is 6.92 Å². The monoisotopic (exact) mass is 224 g/mol. The number of aliphatic carboxylic acids is 2. The van der Waals surface area contributed by atoms with Crippen molar-refractivity contribution in [3.05, 3.63) is 0 Å². The molecule has 0 unspecified atom stereocenters. The number of aliphatic hydroxyl groups excluding tert-OH is 1. The topological polar surface area (TPSA) is 185 Å². The van der Waals surface area contributed by atoms with Gasteiger partial charge in [0.1, 0.15) is 6.04 Å². The molecule has 0 aromatic carbocycles. The predicted molar refractivity (Wildman–Crippen MR) is 50.2 cm³/mol. The summed E-state index contributed by atoms with van der Waals surface area (Å²) in [6.07, 6.45) is 0. The number of hydrazine groups is 1. The molecule has 0 aliphatic heterocycles. The van der Waals surface area contributed by atoms with Crippen LogP contribution in [0.4, 0.5) is 0 Å². The zero-order valence-electron chi connectivity index (χ0n) is 8.17. The first-order valence-electron chi connectivity index (χ1n) is 3.77. The Bertz CT molecular complexity index is 210. The average molecular weight is 224 g/mol. The van der Waals surface area contributed by atoms with Gasteiger partial charge in [0, 0.05) is 0 Å². The Hall–Kier alpha value is -1.26. The second-order valence-corrected chi connectivity index (χ2v) is 2.83. The summed E-state index contributed by atoms with van der Waals surface area (Å²) in [7, 11) is 0. The third-order valence-electron chi connectivity index (χ3n) is 1.14. The molecule has 0 fully saturated rings. The molecule has 0 aromatic heterocycles. The second kappa shape index (κ2) is 7.09. The van der Waals surface area contributed by atoms with Gasteiger partial charge in [-0.2, -0.15) is 0 Å². The molecule has 0 saturated carbocycles. The summed E-state index contributed by atoms with van der Waals surface area (Å²) in [4.78, 5) is 19.6. The SMILES string of the molecule is CC(N)(N)C(=O)O.NN[C@@H](CO)C(=O)O. The number of carboxylic acids is 2. The molecule has 0 aliphatic carbocycles. The highest BCUT2D eigenvalue weighted by molar-refractivity contribution is 5.76. The molecule has 0 spiro atoms. The molecule has 0 radical (unpaired) electrons. The van der Waals surface area contributed by atoms with Crippen LogP contribution < -0.4 is 22.7 Å². The molecule has 0 aromatic rings. The lowest BCUT2D eigenvalue weighted by Gasteiger charge is -2.09. The van der Waals surface area contributed by atoms with Crippen LogP contribution >= 0.6 is 0 Å². The standard InChI is InChI=1S/C3H8N2O3.C3H8N2O2/c4-5-2(1-6)3(7)8;1-3(4,5)2(6)7/h2,5-6H,1,4H2,(H,7,8);4-5H2,1H3,(H,6,7)/t2-;/m0./s1. The fourth-order valence-corrected chi connectivity index (χ4v) is 0.202. The van der Waals surface area contributed by atoms with Crippen molar-refractivity contribution in [2.45, 2.75) is 18.6 Å². The fourth-order valence-electron chi connectivity index (χ4n) is 0.202. The van der Waals surface area contributed by atoms with Crippen molar-refractivity contribution in [3.8, 4) is 0 Å². The molecule has 0 rings (SSSR count). The van der Waals surface area contributed by atoms with Crippen molar-refractivity contribution in [2.24, 2.45) is 17.3 Å². The zero-order chi connectivity index (χ0) is 12.6. The first-order valence-corrected chi connectivity index (χ1v) is 3.77. The van der Waals surface area contributed by atoms with E-state index < -0.39 is 30.3 Å². The Balaban J connectivity index is 0. The maximum Gasteiger partial charge on any atom is 0.338 e. The number of nitrogens with two attached hydrogens (primary N) is 3.